The number of carbonyl (C=O) groups excluding carboxylic acids is 1. The van der Waals surface area contributed by atoms with Crippen LogP contribution >= 0.6 is 0 Å². The fourth-order valence-corrected chi connectivity index (χ4v) is 2.75. The number of carbonyl (C=O) groups is 1. The quantitative estimate of drug-likeness (QED) is 0.646. The lowest BCUT2D eigenvalue weighted by molar-refractivity contribution is -0.575. The molecule has 0 fully saturated rings. The van der Waals surface area contributed by atoms with Gasteiger partial charge < -0.3 is 9.47 Å². The Morgan fingerprint density at radius 1 is 1.30 bits per heavy atom. The molecule has 0 radical (unpaired) electrons. The summed E-state index contributed by atoms with van der Waals surface area (Å²) in [5.74, 6) is 0.582. The maximum atomic E-state index is 12.0. The Morgan fingerprint density at radius 3 is 2.83 bits per heavy atom. The Labute approximate surface area is 136 Å². The van der Waals surface area contributed by atoms with Crippen molar-refractivity contribution < 1.29 is 18.8 Å². The van der Waals surface area contributed by atoms with Gasteiger partial charge in [0.25, 0.3) is 6.73 Å². The normalized spacial score (nSPS) is 15.0. The van der Waals surface area contributed by atoms with E-state index >= 15 is 0 Å². The van der Waals surface area contributed by atoms with Crippen molar-refractivity contribution in [1.29, 1.82) is 0 Å². The van der Waals surface area contributed by atoms with Gasteiger partial charge in [-0.2, -0.15) is 4.58 Å². The van der Waals surface area contributed by atoms with Gasteiger partial charge in [-0.3, -0.25) is 0 Å². The van der Waals surface area contributed by atoms with Crippen LogP contribution in [0.3, 0.4) is 0 Å². The molecular formula is C19H20NO3+. The van der Waals surface area contributed by atoms with Crippen LogP contribution in [0.25, 0.3) is 0 Å². The molecule has 0 atom stereocenters. The first-order valence-electron chi connectivity index (χ1n) is 7.75. The van der Waals surface area contributed by atoms with E-state index in [2.05, 4.69) is 22.9 Å². The molecule has 2 aromatic carbocycles. The maximum absolute atomic E-state index is 12.0. The van der Waals surface area contributed by atoms with Gasteiger partial charge in [-0.15, -0.1) is 0 Å². The number of ether oxygens (including phenoxy) is 2. The van der Waals surface area contributed by atoms with Gasteiger partial charge >= 0.3 is 5.97 Å². The Bertz CT molecular complexity index is 751. The fourth-order valence-electron chi connectivity index (χ4n) is 2.75. The van der Waals surface area contributed by atoms with Crippen molar-refractivity contribution in [3.63, 3.8) is 0 Å². The van der Waals surface area contributed by atoms with Gasteiger partial charge in [-0.05, 0) is 43.7 Å². The lowest BCUT2D eigenvalue weighted by atomic mass is 10.0. The standard InChI is InChI=1S/C19H20NO3/c1-3-22-19(21)16-9-14(2)18-17(10-16)12-20(13-23-18)11-15-7-5-4-6-8-15/h4-11H,3,12-13H2,1-2H3/q+1. The SMILES string of the molecule is CCOC(=O)c1cc(C)c2c(c1)C[N+](=Cc1ccccc1)CO2. The minimum absolute atomic E-state index is 0.289. The number of esters is 1. The van der Waals surface area contributed by atoms with E-state index in [0.717, 1.165) is 22.4 Å². The Hall–Kier alpha value is -2.62. The molecule has 0 unspecified atom stereocenters. The van der Waals surface area contributed by atoms with Crippen molar-refractivity contribution in [2.45, 2.75) is 20.4 Å². The van der Waals surface area contributed by atoms with Crippen molar-refractivity contribution in [2.75, 3.05) is 13.3 Å². The molecule has 0 aromatic heterocycles. The first-order valence-corrected chi connectivity index (χ1v) is 7.75. The van der Waals surface area contributed by atoms with Gasteiger partial charge in [0.05, 0.1) is 17.7 Å². The van der Waals surface area contributed by atoms with Crippen molar-refractivity contribution in [1.82, 2.24) is 0 Å². The Morgan fingerprint density at radius 2 is 2.09 bits per heavy atom. The van der Waals surface area contributed by atoms with Gasteiger partial charge in [-0.25, -0.2) is 4.79 Å². The van der Waals surface area contributed by atoms with Gasteiger partial charge in [-0.1, -0.05) is 18.2 Å². The van der Waals surface area contributed by atoms with E-state index in [0.29, 0.717) is 25.4 Å². The van der Waals surface area contributed by atoms with Crippen LogP contribution < -0.4 is 4.74 Å². The highest BCUT2D eigenvalue weighted by Gasteiger charge is 2.23. The molecule has 1 heterocycles. The highest BCUT2D eigenvalue weighted by molar-refractivity contribution is 5.90. The smallest absolute Gasteiger partial charge is 0.338 e. The molecule has 4 heteroatoms. The van der Waals surface area contributed by atoms with E-state index in [1.807, 2.05) is 44.2 Å². The second-order valence-corrected chi connectivity index (χ2v) is 5.56. The molecule has 4 nitrogen and oxygen atoms in total. The summed E-state index contributed by atoms with van der Waals surface area (Å²) in [5, 5.41) is 0. The van der Waals surface area contributed by atoms with Gasteiger partial charge in [0, 0.05) is 5.56 Å². The van der Waals surface area contributed by atoms with Gasteiger partial charge in [0.15, 0.2) is 12.8 Å². The number of aryl methyl sites for hydroxylation is 1. The molecule has 23 heavy (non-hydrogen) atoms. The Kier molecular flexibility index (Phi) is 4.42. The second kappa shape index (κ2) is 6.65. The largest absolute Gasteiger partial charge is 0.462 e. The first kappa shape index (κ1) is 15.3. The van der Waals surface area contributed by atoms with Crippen molar-refractivity contribution in [3.05, 3.63) is 64.7 Å². The monoisotopic (exact) mass is 310 g/mol. The van der Waals surface area contributed by atoms with Crippen LogP contribution in [0, 0.1) is 6.92 Å². The summed E-state index contributed by atoms with van der Waals surface area (Å²) in [6.45, 7) is 5.35. The van der Waals surface area contributed by atoms with Crippen molar-refractivity contribution >= 4 is 12.2 Å². The topological polar surface area (TPSA) is 38.5 Å². The van der Waals surface area contributed by atoms with E-state index in [9.17, 15) is 4.79 Å². The number of nitrogens with zero attached hydrogens (tertiary/aromatic N) is 1. The van der Waals surface area contributed by atoms with Crippen LogP contribution in [0.4, 0.5) is 0 Å². The molecule has 0 saturated heterocycles. The summed E-state index contributed by atoms with van der Waals surface area (Å²) in [5.41, 5.74) is 3.67. The van der Waals surface area contributed by atoms with Crippen LogP contribution in [-0.4, -0.2) is 30.1 Å². The zero-order valence-corrected chi connectivity index (χ0v) is 13.4. The average molecular weight is 310 g/mol. The zero-order valence-electron chi connectivity index (χ0n) is 13.4. The third kappa shape index (κ3) is 3.42. The Balaban J connectivity index is 1.90. The minimum atomic E-state index is -0.289. The second-order valence-electron chi connectivity index (χ2n) is 5.56. The molecule has 0 bridgehead atoms. The number of rotatable bonds is 3. The minimum Gasteiger partial charge on any atom is -0.462 e. The maximum Gasteiger partial charge on any atom is 0.338 e. The van der Waals surface area contributed by atoms with E-state index in [1.165, 1.54) is 0 Å². The summed E-state index contributed by atoms with van der Waals surface area (Å²) >= 11 is 0. The molecule has 0 N–H and O–H groups in total. The van der Waals surface area contributed by atoms with Crippen LogP contribution in [0.1, 0.15) is 34.0 Å². The molecule has 2 aromatic rings. The molecule has 3 rings (SSSR count). The zero-order chi connectivity index (χ0) is 16.2. The number of hydrogen-bond donors (Lipinski definition) is 0. The van der Waals surface area contributed by atoms with E-state index in [-0.39, 0.29) is 5.97 Å². The third-order valence-electron chi connectivity index (χ3n) is 3.74. The summed E-state index contributed by atoms with van der Waals surface area (Å²) in [7, 11) is 0. The van der Waals surface area contributed by atoms with Crippen LogP contribution in [0.5, 0.6) is 5.75 Å². The number of hydrogen-bond acceptors (Lipinski definition) is 3. The van der Waals surface area contributed by atoms with Crippen LogP contribution in [0.15, 0.2) is 42.5 Å². The van der Waals surface area contributed by atoms with Crippen molar-refractivity contribution in [2.24, 2.45) is 0 Å². The van der Waals surface area contributed by atoms with Crippen molar-refractivity contribution in [3.8, 4) is 5.75 Å². The molecule has 0 aliphatic carbocycles. The summed E-state index contributed by atoms with van der Waals surface area (Å²) in [6.07, 6.45) is 2.06. The average Bonchev–Trinajstić information content (AvgIpc) is 2.55. The molecule has 0 amide bonds. The van der Waals surface area contributed by atoms with Crippen LogP contribution in [0.2, 0.25) is 0 Å². The third-order valence-corrected chi connectivity index (χ3v) is 3.74. The first-order chi connectivity index (χ1) is 11.2. The van der Waals surface area contributed by atoms with Crippen LogP contribution in [-0.2, 0) is 11.3 Å². The van der Waals surface area contributed by atoms with E-state index in [1.54, 1.807) is 0 Å². The van der Waals surface area contributed by atoms with E-state index in [4.69, 9.17) is 9.47 Å². The summed E-state index contributed by atoms with van der Waals surface area (Å²) in [6, 6.07) is 13.8. The number of benzene rings is 2. The molecule has 1 aliphatic rings. The van der Waals surface area contributed by atoms with E-state index < -0.39 is 0 Å². The molecule has 118 valence electrons. The highest BCUT2D eigenvalue weighted by atomic mass is 16.5. The molecule has 0 spiro atoms. The van der Waals surface area contributed by atoms with Gasteiger partial charge in [0.2, 0.25) is 0 Å². The lowest BCUT2D eigenvalue weighted by Gasteiger charge is -2.19. The molecule has 1 aliphatic heterocycles. The highest BCUT2D eigenvalue weighted by Crippen LogP contribution is 2.29. The summed E-state index contributed by atoms with van der Waals surface area (Å²) < 4.78 is 13.1. The lowest BCUT2D eigenvalue weighted by Crippen LogP contribution is -2.25. The summed E-state index contributed by atoms with van der Waals surface area (Å²) in [4.78, 5) is 12.0. The number of fused-ring (bicyclic) bond motifs is 1. The molecular weight excluding hydrogens is 290 g/mol. The predicted octanol–water partition coefficient (Wildman–Crippen LogP) is 3.15. The molecule has 0 saturated carbocycles. The predicted molar refractivity (Wildman–Crippen MR) is 88.2 cm³/mol. The fraction of sp³-hybridized carbons (Fsp3) is 0.263. The van der Waals surface area contributed by atoms with Gasteiger partial charge in [0.1, 0.15) is 5.75 Å².